The number of para-hydroxylation sites is 1. The average molecular weight is 461 g/mol. The summed E-state index contributed by atoms with van der Waals surface area (Å²) in [5, 5.41) is 7.35. The topological polar surface area (TPSA) is 86.0 Å². The van der Waals surface area contributed by atoms with Crippen LogP contribution in [0.4, 0.5) is 0 Å². The lowest BCUT2D eigenvalue weighted by molar-refractivity contribution is 0.0930. The van der Waals surface area contributed by atoms with Crippen molar-refractivity contribution in [2.24, 2.45) is 0 Å². The molecule has 0 saturated carbocycles. The van der Waals surface area contributed by atoms with Gasteiger partial charge in [-0.25, -0.2) is 4.79 Å². The first-order valence-corrected chi connectivity index (χ1v) is 10.7. The van der Waals surface area contributed by atoms with E-state index in [1.165, 1.54) is 0 Å². The van der Waals surface area contributed by atoms with E-state index >= 15 is 0 Å². The van der Waals surface area contributed by atoms with Crippen LogP contribution in [0.2, 0.25) is 5.02 Å². The molecule has 1 aromatic heterocycles. The van der Waals surface area contributed by atoms with Gasteiger partial charge in [0.25, 0.3) is 11.5 Å². The molecule has 0 aliphatic carbocycles. The van der Waals surface area contributed by atoms with Crippen LogP contribution in [-0.2, 0) is 6.54 Å². The molecular formula is C25H21ClN4O3. The minimum atomic E-state index is -0.787. The van der Waals surface area contributed by atoms with Crippen molar-refractivity contribution in [3.05, 3.63) is 128 Å². The highest BCUT2D eigenvalue weighted by atomic mass is 35.5. The van der Waals surface area contributed by atoms with Crippen LogP contribution in [0.5, 0.6) is 0 Å². The van der Waals surface area contributed by atoms with Gasteiger partial charge in [-0.05, 0) is 36.2 Å². The fourth-order valence-corrected chi connectivity index (χ4v) is 3.62. The summed E-state index contributed by atoms with van der Waals surface area (Å²) in [4.78, 5) is 39.5. The zero-order chi connectivity index (χ0) is 23.4. The molecule has 0 bridgehead atoms. The van der Waals surface area contributed by atoms with Gasteiger partial charge in [0.15, 0.2) is 0 Å². The molecule has 1 N–H and O–H groups in total. The van der Waals surface area contributed by atoms with Crippen LogP contribution < -0.4 is 16.6 Å². The third-order valence-electron chi connectivity index (χ3n) is 5.21. The maximum Gasteiger partial charge on any atom is 0.352 e. The first kappa shape index (κ1) is 22.2. The monoisotopic (exact) mass is 460 g/mol. The summed E-state index contributed by atoms with van der Waals surface area (Å²) in [6, 6.07) is 24.5. The van der Waals surface area contributed by atoms with Gasteiger partial charge in [0, 0.05) is 5.02 Å². The lowest BCUT2D eigenvalue weighted by Crippen LogP contribution is -2.46. The number of hydrogen-bond donors (Lipinski definition) is 1. The Morgan fingerprint density at radius 3 is 2.21 bits per heavy atom. The molecule has 1 amide bonds. The summed E-state index contributed by atoms with van der Waals surface area (Å²) in [6.45, 7) is 1.71. The molecule has 7 nitrogen and oxygen atoms in total. The molecule has 3 aromatic carbocycles. The zero-order valence-corrected chi connectivity index (χ0v) is 18.6. The van der Waals surface area contributed by atoms with Gasteiger partial charge in [-0.1, -0.05) is 78.3 Å². The Bertz CT molecular complexity index is 1400. The second-order valence-corrected chi connectivity index (χ2v) is 7.87. The highest BCUT2D eigenvalue weighted by Gasteiger charge is 2.22. The van der Waals surface area contributed by atoms with Crippen LogP contribution in [0.1, 0.15) is 34.6 Å². The quantitative estimate of drug-likeness (QED) is 0.476. The highest BCUT2D eigenvalue weighted by molar-refractivity contribution is 6.31. The summed E-state index contributed by atoms with van der Waals surface area (Å²) < 4.78 is 2.03. The molecule has 0 fully saturated rings. The summed E-state index contributed by atoms with van der Waals surface area (Å²) in [7, 11) is 0. The molecule has 1 atom stereocenters. The second-order valence-electron chi connectivity index (χ2n) is 7.47. The number of nitrogens with zero attached hydrogens (tertiary/aromatic N) is 3. The van der Waals surface area contributed by atoms with Gasteiger partial charge in [-0.15, -0.1) is 0 Å². The van der Waals surface area contributed by atoms with Crippen LogP contribution in [0.25, 0.3) is 5.69 Å². The van der Waals surface area contributed by atoms with Gasteiger partial charge in [0.2, 0.25) is 5.69 Å². The Kier molecular flexibility index (Phi) is 6.51. The van der Waals surface area contributed by atoms with Gasteiger partial charge < -0.3 is 5.32 Å². The third kappa shape index (κ3) is 4.78. The number of carbonyl (C=O) groups excluding carboxylic acids is 1. The van der Waals surface area contributed by atoms with E-state index in [9.17, 15) is 14.4 Å². The van der Waals surface area contributed by atoms with E-state index in [1.54, 1.807) is 54.6 Å². The van der Waals surface area contributed by atoms with E-state index in [4.69, 9.17) is 11.6 Å². The van der Waals surface area contributed by atoms with E-state index in [0.717, 1.165) is 14.8 Å². The normalized spacial score (nSPS) is 11.7. The van der Waals surface area contributed by atoms with E-state index in [1.807, 2.05) is 37.3 Å². The van der Waals surface area contributed by atoms with E-state index in [2.05, 4.69) is 10.4 Å². The van der Waals surface area contributed by atoms with Crippen molar-refractivity contribution in [1.82, 2.24) is 19.7 Å². The third-order valence-corrected chi connectivity index (χ3v) is 5.58. The number of rotatable bonds is 6. The van der Waals surface area contributed by atoms with Gasteiger partial charge in [-0.2, -0.15) is 9.78 Å². The molecular weight excluding hydrogens is 440 g/mol. The zero-order valence-electron chi connectivity index (χ0n) is 17.8. The Morgan fingerprint density at radius 2 is 1.55 bits per heavy atom. The van der Waals surface area contributed by atoms with E-state index in [0.29, 0.717) is 16.3 Å². The number of nitrogens with one attached hydrogen (secondary N) is 1. The SMILES string of the molecule is C[C@@H](NC(=O)c1nn(-c2ccccc2)c(=O)n(Cc2ccccc2Cl)c1=O)c1ccccc1. The van der Waals surface area contributed by atoms with Gasteiger partial charge >= 0.3 is 5.69 Å². The molecule has 0 aliphatic heterocycles. The summed E-state index contributed by atoms with van der Waals surface area (Å²) in [5.41, 5.74) is 0.0457. The van der Waals surface area contributed by atoms with Crippen LogP contribution in [-0.4, -0.2) is 20.3 Å². The lowest BCUT2D eigenvalue weighted by Gasteiger charge is -2.16. The molecule has 33 heavy (non-hydrogen) atoms. The predicted octanol–water partition coefficient (Wildman–Crippen LogP) is 3.59. The van der Waals surface area contributed by atoms with Crippen molar-refractivity contribution >= 4 is 17.5 Å². The average Bonchev–Trinajstić information content (AvgIpc) is 2.84. The summed E-state index contributed by atoms with van der Waals surface area (Å²) in [5.74, 6) is -0.672. The van der Waals surface area contributed by atoms with Gasteiger partial charge in [0.05, 0.1) is 18.3 Å². The Hall–Kier alpha value is -3.97. The van der Waals surface area contributed by atoms with Crippen LogP contribution in [0.3, 0.4) is 0 Å². The molecule has 4 aromatic rings. The van der Waals surface area contributed by atoms with E-state index in [-0.39, 0.29) is 18.3 Å². The van der Waals surface area contributed by atoms with Crippen LogP contribution >= 0.6 is 11.6 Å². The van der Waals surface area contributed by atoms with Gasteiger partial charge in [0.1, 0.15) is 0 Å². The van der Waals surface area contributed by atoms with E-state index < -0.39 is 17.2 Å². The molecule has 0 radical (unpaired) electrons. The van der Waals surface area contributed by atoms with Crippen molar-refractivity contribution < 1.29 is 4.79 Å². The van der Waals surface area contributed by atoms with Crippen molar-refractivity contribution in [2.75, 3.05) is 0 Å². The minimum Gasteiger partial charge on any atom is -0.344 e. The molecule has 0 unspecified atom stereocenters. The number of benzene rings is 3. The van der Waals surface area contributed by atoms with Crippen LogP contribution in [0, 0.1) is 0 Å². The number of halogens is 1. The van der Waals surface area contributed by atoms with Crippen molar-refractivity contribution in [2.45, 2.75) is 19.5 Å². The predicted molar refractivity (Wildman–Crippen MR) is 127 cm³/mol. The molecule has 4 rings (SSSR count). The largest absolute Gasteiger partial charge is 0.352 e. The maximum absolute atomic E-state index is 13.2. The Labute approximate surface area is 194 Å². The van der Waals surface area contributed by atoms with Crippen molar-refractivity contribution in [3.8, 4) is 5.69 Å². The van der Waals surface area contributed by atoms with Gasteiger partial charge in [-0.3, -0.25) is 14.2 Å². The fourth-order valence-electron chi connectivity index (χ4n) is 3.42. The first-order chi connectivity index (χ1) is 16.0. The standard InChI is InChI=1S/C25H21ClN4O3/c1-17(18-10-4-2-5-11-18)27-23(31)22-24(32)29(16-19-12-8-9-15-21(19)26)25(33)30(28-22)20-13-6-3-7-14-20/h2-15,17H,16H2,1H3,(H,27,31)/t17-/m1/s1. The molecule has 8 heteroatoms. The first-order valence-electron chi connectivity index (χ1n) is 10.3. The smallest absolute Gasteiger partial charge is 0.344 e. The number of aromatic nitrogens is 3. The minimum absolute atomic E-state index is 0.0960. The maximum atomic E-state index is 13.2. The lowest BCUT2D eigenvalue weighted by atomic mass is 10.1. The summed E-state index contributed by atoms with van der Waals surface area (Å²) >= 11 is 6.26. The number of amides is 1. The number of hydrogen-bond acceptors (Lipinski definition) is 4. The molecule has 0 spiro atoms. The van der Waals surface area contributed by atoms with Crippen molar-refractivity contribution in [3.63, 3.8) is 0 Å². The van der Waals surface area contributed by atoms with Crippen molar-refractivity contribution in [1.29, 1.82) is 0 Å². The molecule has 0 saturated heterocycles. The fraction of sp³-hybridized carbons (Fsp3) is 0.120. The molecule has 166 valence electrons. The Balaban J connectivity index is 1.81. The second kappa shape index (κ2) is 9.67. The summed E-state index contributed by atoms with van der Waals surface area (Å²) in [6.07, 6.45) is 0. The number of carbonyl (C=O) groups is 1. The van der Waals surface area contributed by atoms with Crippen LogP contribution in [0.15, 0.2) is 94.5 Å². The molecule has 1 heterocycles. The highest BCUT2D eigenvalue weighted by Crippen LogP contribution is 2.15. The Morgan fingerprint density at radius 1 is 0.939 bits per heavy atom. The molecule has 0 aliphatic rings.